The summed E-state index contributed by atoms with van der Waals surface area (Å²) >= 11 is 7.50. The van der Waals surface area contributed by atoms with E-state index in [1.165, 1.54) is 11.3 Å². The molecule has 0 aliphatic heterocycles. The van der Waals surface area contributed by atoms with Crippen LogP contribution in [0.25, 0.3) is 11.0 Å². The zero-order valence-corrected chi connectivity index (χ0v) is 18.9. The van der Waals surface area contributed by atoms with E-state index in [2.05, 4.69) is 16.0 Å². The minimum atomic E-state index is -0.0692. The predicted molar refractivity (Wildman–Crippen MR) is 126 cm³/mol. The molecule has 1 N–H and O–H groups in total. The summed E-state index contributed by atoms with van der Waals surface area (Å²) in [5.41, 5.74) is 3.03. The van der Waals surface area contributed by atoms with Crippen LogP contribution in [0.5, 0.6) is 5.75 Å². The van der Waals surface area contributed by atoms with E-state index in [9.17, 15) is 4.79 Å². The van der Waals surface area contributed by atoms with E-state index in [0.29, 0.717) is 18.0 Å². The summed E-state index contributed by atoms with van der Waals surface area (Å²) in [5, 5.41) is 5.64. The molecule has 0 saturated heterocycles. The lowest BCUT2D eigenvalue weighted by molar-refractivity contribution is 0.0953. The second kappa shape index (κ2) is 9.98. The van der Waals surface area contributed by atoms with Crippen molar-refractivity contribution in [2.24, 2.45) is 0 Å². The van der Waals surface area contributed by atoms with Gasteiger partial charge in [-0.3, -0.25) is 4.79 Å². The molecule has 4 rings (SSSR count). The number of nitrogens with zero attached hydrogens (tertiary/aromatic N) is 2. The number of carbonyl (C=O) groups is 1. The van der Waals surface area contributed by atoms with Gasteiger partial charge in [0.15, 0.2) is 0 Å². The molecule has 2 aromatic carbocycles. The van der Waals surface area contributed by atoms with Crippen LogP contribution in [0, 0.1) is 6.92 Å². The standard InChI is InChI=1S/C24H24ClN3O2S/c1-17-15-18(10-11-19(17)25)30-13-5-4-12-28-21-8-3-2-7-20(21)27-23(28)16-26-24(29)22-9-6-14-31-22/h2-3,6-11,14-15H,4-5,12-13,16H2,1H3,(H,26,29). The summed E-state index contributed by atoms with van der Waals surface area (Å²) in [5.74, 6) is 1.63. The van der Waals surface area contributed by atoms with E-state index in [1.54, 1.807) is 0 Å². The number of benzene rings is 2. The van der Waals surface area contributed by atoms with E-state index in [1.807, 2.05) is 60.8 Å². The van der Waals surface area contributed by atoms with Crippen molar-refractivity contribution >= 4 is 39.9 Å². The Morgan fingerprint density at radius 1 is 1.16 bits per heavy atom. The number of halogens is 1. The lowest BCUT2D eigenvalue weighted by Gasteiger charge is -2.11. The van der Waals surface area contributed by atoms with Crippen LogP contribution in [0.2, 0.25) is 5.02 Å². The third-order valence-electron chi connectivity index (χ3n) is 5.06. The SMILES string of the molecule is Cc1cc(OCCCCn2c(CNC(=O)c3cccs3)nc3ccccc32)ccc1Cl. The fraction of sp³-hybridized carbons (Fsp3) is 0.250. The number of unbranched alkanes of at least 4 members (excludes halogenated alkanes) is 1. The highest BCUT2D eigenvalue weighted by Crippen LogP contribution is 2.21. The Bertz CT molecular complexity index is 1170. The Morgan fingerprint density at radius 2 is 2.03 bits per heavy atom. The molecule has 0 aliphatic carbocycles. The first-order valence-electron chi connectivity index (χ1n) is 10.3. The number of carbonyl (C=O) groups excluding carboxylic acids is 1. The molecule has 2 heterocycles. The van der Waals surface area contributed by atoms with Gasteiger partial charge in [0.2, 0.25) is 0 Å². The Balaban J connectivity index is 1.36. The lowest BCUT2D eigenvalue weighted by Crippen LogP contribution is -2.24. The van der Waals surface area contributed by atoms with E-state index >= 15 is 0 Å². The number of para-hydroxylation sites is 2. The molecule has 5 nitrogen and oxygen atoms in total. The maximum absolute atomic E-state index is 12.3. The normalized spacial score (nSPS) is 11.0. The van der Waals surface area contributed by atoms with Crippen LogP contribution >= 0.6 is 22.9 Å². The topological polar surface area (TPSA) is 56.1 Å². The molecule has 2 aromatic heterocycles. The molecule has 1 amide bonds. The van der Waals surface area contributed by atoms with Gasteiger partial charge >= 0.3 is 0 Å². The van der Waals surface area contributed by atoms with Gasteiger partial charge in [0.05, 0.1) is 29.1 Å². The quantitative estimate of drug-likeness (QED) is 0.323. The van der Waals surface area contributed by atoms with Crippen LogP contribution in [-0.2, 0) is 13.1 Å². The number of hydrogen-bond donors (Lipinski definition) is 1. The number of nitrogens with one attached hydrogen (secondary N) is 1. The van der Waals surface area contributed by atoms with Crippen LogP contribution in [0.1, 0.15) is 33.9 Å². The molecule has 4 aromatic rings. The van der Waals surface area contributed by atoms with Gasteiger partial charge in [-0.1, -0.05) is 29.8 Å². The second-order valence-electron chi connectivity index (χ2n) is 7.29. The summed E-state index contributed by atoms with van der Waals surface area (Å²) in [6.07, 6.45) is 1.86. The van der Waals surface area contributed by atoms with Crippen LogP contribution in [0.3, 0.4) is 0 Å². The van der Waals surface area contributed by atoms with Crippen molar-refractivity contribution in [2.45, 2.75) is 32.9 Å². The summed E-state index contributed by atoms with van der Waals surface area (Å²) < 4.78 is 8.05. The molecule has 0 saturated carbocycles. The first-order valence-corrected chi connectivity index (χ1v) is 11.5. The van der Waals surface area contributed by atoms with Gasteiger partial charge in [-0.15, -0.1) is 11.3 Å². The van der Waals surface area contributed by atoms with Crippen molar-refractivity contribution in [2.75, 3.05) is 6.61 Å². The summed E-state index contributed by atoms with van der Waals surface area (Å²) in [6.45, 7) is 3.82. The van der Waals surface area contributed by atoms with Crippen LogP contribution < -0.4 is 10.1 Å². The molecule has 7 heteroatoms. The average Bonchev–Trinajstić information content (AvgIpc) is 3.43. The number of hydrogen-bond acceptors (Lipinski definition) is 4. The molecule has 160 valence electrons. The number of amides is 1. The van der Waals surface area contributed by atoms with Gasteiger partial charge < -0.3 is 14.6 Å². The number of imidazole rings is 1. The molecule has 0 spiro atoms. The van der Waals surface area contributed by atoms with Crippen molar-refractivity contribution in [3.63, 3.8) is 0 Å². The van der Waals surface area contributed by atoms with E-state index in [-0.39, 0.29) is 5.91 Å². The lowest BCUT2D eigenvalue weighted by atomic mass is 10.2. The highest BCUT2D eigenvalue weighted by molar-refractivity contribution is 7.12. The molecule has 0 atom stereocenters. The largest absolute Gasteiger partial charge is 0.494 e. The highest BCUT2D eigenvalue weighted by atomic mass is 35.5. The average molecular weight is 454 g/mol. The zero-order chi connectivity index (χ0) is 21.6. The number of ether oxygens (including phenoxy) is 1. The monoisotopic (exact) mass is 453 g/mol. The Hall–Kier alpha value is -2.83. The summed E-state index contributed by atoms with van der Waals surface area (Å²) in [4.78, 5) is 17.8. The second-order valence-corrected chi connectivity index (χ2v) is 8.65. The number of rotatable bonds is 9. The molecule has 0 fully saturated rings. The van der Waals surface area contributed by atoms with Crippen molar-refractivity contribution in [1.29, 1.82) is 0 Å². The van der Waals surface area contributed by atoms with Crippen molar-refractivity contribution in [1.82, 2.24) is 14.9 Å². The van der Waals surface area contributed by atoms with Gasteiger partial charge in [-0.05, 0) is 67.1 Å². The third-order valence-corrected chi connectivity index (χ3v) is 6.35. The van der Waals surface area contributed by atoms with E-state index < -0.39 is 0 Å². The Kier molecular flexibility index (Phi) is 6.89. The van der Waals surface area contributed by atoms with Gasteiger partial charge in [0.1, 0.15) is 11.6 Å². The third kappa shape index (κ3) is 5.27. The maximum atomic E-state index is 12.3. The van der Waals surface area contributed by atoms with Gasteiger partial charge in [0, 0.05) is 11.6 Å². The van der Waals surface area contributed by atoms with Gasteiger partial charge in [-0.2, -0.15) is 0 Å². The van der Waals surface area contributed by atoms with Crippen molar-refractivity contribution in [3.8, 4) is 5.75 Å². The molecule has 0 aliphatic rings. The smallest absolute Gasteiger partial charge is 0.261 e. The molecular weight excluding hydrogens is 430 g/mol. The Labute approximate surface area is 190 Å². The fourth-order valence-electron chi connectivity index (χ4n) is 3.43. The van der Waals surface area contributed by atoms with Crippen LogP contribution in [0.4, 0.5) is 0 Å². The van der Waals surface area contributed by atoms with Crippen LogP contribution in [-0.4, -0.2) is 22.1 Å². The van der Waals surface area contributed by atoms with Crippen molar-refractivity contribution < 1.29 is 9.53 Å². The first-order chi connectivity index (χ1) is 15.1. The maximum Gasteiger partial charge on any atom is 0.261 e. The molecule has 31 heavy (non-hydrogen) atoms. The summed E-state index contributed by atoms with van der Waals surface area (Å²) in [7, 11) is 0. The number of aryl methyl sites for hydroxylation is 2. The summed E-state index contributed by atoms with van der Waals surface area (Å²) in [6, 6.07) is 17.5. The molecular formula is C24H24ClN3O2S. The Morgan fingerprint density at radius 3 is 2.84 bits per heavy atom. The minimum Gasteiger partial charge on any atom is -0.494 e. The van der Waals surface area contributed by atoms with Crippen LogP contribution in [0.15, 0.2) is 60.0 Å². The number of thiophene rings is 1. The molecule has 0 radical (unpaired) electrons. The number of aromatic nitrogens is 2. The fourth-order valence-corrected chi connectivity index (χ4v) is 4.19. The number of fused-ring (bicyclic) bond motifs is 1. The minimum absolute atomic E-state index is 0.0692. The van der Waals surface area contributed by atoms with E-state index in [0.717, 1.165) is 52.6 Å². The van der Waals surface area contributed by atoms with Gasteiger partial charge in [-0.25, -0.2) is 4.98 Å². The molecule has 0 unspecified atom stereocenters. The van der Waals surface area contributed by atoms with Gasteiger partial charge in [0.25, 0.3) is 5.91 Å². The molecule has 0 bridgehead atoms. The highest BCUT2D eigenvalue weighted by Gasteiger charge is 2.12. The predicted octanol–water partition coefficient (Wildman–Crippen LogP) is 5.85. The van der Waals surface area contributed by atoms with E-state index in [4.69, 9.17) is 21.3 Å². The van der Waals surface area contributed by atoms with Crippen molar-refractivity contribution in [3.05, 3.63) is 81.3 Å². The first kappa shape index (κ1) is 21.4. The zero-order valence-electron chi connectivity index (χ0n) is 17.3.